The minimum atomic E-state index is -3.88. The van der Waals surface area contributed by atoms with E-state index < -0.39 is 72.5 Å². The van der Waals surface area contributed by atoms with E-state index >= 15 is 0 Å². The second-order valence-corrected chi connectivity index (χ2v) is 18.6. The number of carbonyl (C=O) groups is 4. The number of hydrogen-bond acceptors (Lipinski definition) is 8. The van der Waals surface area contributed by atoms with E-state index in [1.165, 1.54) is 7.11 Å². The van der Waals surface area contributed by atoms with Gasteiger partial charge in [-0.1, -0.05) is 41.0 Å². The molecule has 0 unspecified atom stereocenters. The van der Waals surface area contributed by atoms with Gasteiger partial charge in [-0.25, -0.2) is 8.42 Å². The van der Waals surface area contributed by atoms with Crippen LogP contribution in [0, 0.1) is 50.2 Å². The number of carbonyl (C=O) groups excluding carboxylic acids is 4. The molecule has 250 valence electrons. The van der Waals surface area contributed by atoms with Crippen molar-refractivity contribution in [2.45, 2.75) is 106 Å². The summed E-state index contributed by atoms with van der Waals surface area (Å²) in [7, 11) is -2.45. The average Bonchev–Trinajstić information content (AvgIpc) is 2.98. The maximum Gasteiger partial charge on any atom is 0.312 e. The zero-order valence-electron chi connectivity index (χ0n) is 28.4. The molecule has 4 fully saturated rings. The summed E-state index contributed by atoms with van der Waals surface area (Å²) in [5.41, 5.74) is -4.53. The molecular weight excluding hydrogens is 592 g/mol. The third-order valence-electron chi connectivity index (χ3n) is 13.8. The summed E-state index contributed by atoms with van der Waals surface area (Å²) < 4.78 is 31.6. The molecule has 0 bridgehead atoms. The maximum atomic E-state index is 14.7. The van der Waals surface area contributed by atoms with Crippen LogP contribution < -0.4 is 0 Å². The Bertz CT molecular complexity index is 1500. The number of aliphatic hydroxyl groups excluding tert-OH is 1. The van der Waals surface area contributed by atoms with Gasteiger partial charge in [-0.05, 0) is 105 Å². The summed E-state index contributed by atoms with van der Waals surface area (Å²) in [5, 5.41) is 11.6. The molecular formula is C36H52O8S. The van der Waals surface area contributed by atoms with Crippen molar-refractivity contribution in [3.8, 4) is 0 Å². The normalized spacial score (nSPS) is 43.5. The molecule has 8 atom stereocenters. The van der Waals surface area contributed by atoms with Gasteiger partial charge in [0, 0.05) is 11.3 Å². The number of fused-ring (bicyclic) bond motifs is 7. The highest BCUT2D eigenvalue weighted by atomic mass is 32.2. The van der Waals surface area contributed by atoms with Gasteiger partial charge in [0.1, 0.15) is 0 Å². The molecule has 1 N–H and O–H groups in total. The van der Waals surface area contributed by atoms with E-state index in [9.17, 15) is 32.7 Å². The largest absolute Gasteiger partial charge is 0.469 e. The van der Waals surface area contributed by atoms with Crippen molar-refractivity contribution >= 4 is 33.2 Å². The molecule has 9 heteroatoms. The van der Waals surface area contributed by atoms with Crippen LogP contribution in [0.2, 0.25) is 0 Å². The minimum Gasteiger partial charge on any atom is -0.469 e. The van der Waals surface area contributed by atoms with E-state index in [2.05, 4.69) is 27.7 Å². The van der Waals surface area contributed by atoms with Crippen LogP contribution in [-0.2, 0) is 33.8 Å². The first-order valence-electron chi connectivity index (χ1n) is 16.7. The van der Waals surface area contributed by atoms with E-state index in [1.807, 2.05) is 6.92 Å². The Balaban J connectivity index is 1.70. The Morgan fingerprint density at radius 2 is 1.64 bits per heavy atom. The van der Waals surface area contributed by atoms with Gasteiger partial charge < -0.3 is 9.84 Å². The first-order valence-corrected chi connectivity index (χ1v) is 18.5. The Morgan fingerprint density at radius 3 is 2.24 bits per heavy atom. The van der Waals surface area contributed by atoms with Gasteiger partial charge >= 0.3 is 5.97 Å². The van der Waals surface area contributed by atoms with Crippen LogP contribution in [-0.4, -0.2) is 56.3 Å². The number of hydrogen-bond donors (Lipinski definition) is 1. The molecule has 5 aliphatic carbocycles. The van der Waals surface area contributed by atoms with E-state index in [0.717, 1.165) is 11.8 Å². The second kappa shape index (κ2) is 10.7. The second-order valence-electron chi connectivity index (χ2n) is 16.6. The van der Waals surface area contributed by atoms with Crippen LogP contribution in [0.25, 0.3) is 0 Å². The van der Waals surface area contributed by atoms with Crippen LogP contribution in [0.3, 0.4) is 0 Å². The molecule has 5 rings (SSSR count). The highest BCUT2D eigenvalue weighted by Crippen LogP contribution is 2.74. The summed E-state index contributed by atoms with van der Waals surface area (Å²) in [4.78, 5) is 56.7. The molecule has 45 heavy (non-hydrogen) atoms. The Labute approximate surface area is 268 Å². The molecule has 0 amide bonds. The van der Waals surface area contributed by atoms with Crippen molar-refractivity contribution in [3.63, 3.8) is 0 Å². The standard InChI is InChI=1S/C36H52O8S/c1-9-10-17-45(42,43)20-22-28(39)32(4,21-37)25-11-12-33(5)26(35(25,7)29(22)40)18-24(38)27-23-19-31(2,3)13-15-36(23,30(41)44-8)16-14-34(27,33)6/h18,20,23,25,27,37H,9-17,19,21H2,1-8H3/b22-20-/t23-,25-,27-,32+,33+,34+,35-,36-/m0/s1. The number of aliphatic hydroxyl groups is 1. The van der Waals surface area contributed by atoms with Crippen LogP contribution in [0.15, 0.2) is 22.6 Å². The number of esters is 1. The zero-order valence-corrected chi connectivity index (χ0v) is 29.2. The number of sulfone groups is 1. The molecule has 8 nitrogen and oxygen atoms in total. The van der Waals surface area contributed by atoms with Crippen molar-refractivity contribution in [2.24, 2.45) is 50.2 Å². The third-order valence-corrected chi connectivity index (χ3v) is 15.2. The number of methoxy groups -OCH3 is 1. The van der Waals surface area contributed by atoms with Crippen molar-refractivity contribution in [2.75, 3.05) is 19.5 Å². The third kappa shape index (κ3) is 4.56. The fraction of sp³-hybridized carbons (Fsp3) is 0.778. The number of ether oxygens (including phenoxy) is 1. The van der Waals surface area contributed by atoms with Crippen LogP contribution in [0.5, 0.6) is 0 Å². The van der Waals surface area contributed by atoms with Gasteiger partial charge in [-0.15, -0.1) is 0 Å². The predicted octanol–water partition coefficient (Wildman–Crippen LogP) is 5.57. The van der Waals surface area contributed by atoms with Gasteiger partial charge in [0.05, 0.1) is 41.3 Å². The number of unbranched alkanes of at least 4 members (excludes halogenated alkanes) is 1. The fourth-order valence-corrected chi connectivity index (χ4v) is 12.3. The quantitative estimate of drug-likeness (QED) is 0.226. The molecule has 0 aliphatic heterocycles. The van der Waals surface area contributed by atoms with Gasteiger partial charge in [0.15, 0.2) is 27.2 Å². The van der Waals surface area contributed by atoms with Gasteiger partial charge in [-0.3, -0.25) is 19.2 Å². The summed E-state index contributed by atoms with van der Waals surface area (Å²) in [5.74, 6) is -3.03. The summed E-state index contributed by atoms with van der Waals surface area (Å²) >= 11 is 0. The highest BCUT2D eigenvalue weighted by molar-refractivity contribution is 7.94. The maximum absolute atomic E-state index is 14.7. The molecule has 0 heterocycles. The van der Waals surface area contributed by atoms with E-state index in [1.54, 1.807) is 19.9 Å². The lowest BCUT2D eigenvalue weighted by atomic mass is 9.33. The molecule has 0 saturated heterocycles. The van der Waals surface area contributed by atoms with E-state index in [0.29, 0.717) is 56.9 Å². The SMILES string of the molecule is CCCCS(=O)(=O)/C=C1\C(=O)[C@]2(C)C3=CC(=O)[C@@H]4[C@@H]5CC(C)(C)CC[C@]5(C(=O)OC)CC[C@@]4(C)[C@]3(C)CC[C@H]2[C@@](C)(CO)C1=O. The Kier molecular flexibility index (Phi) is 8.13. The molecule has 0 spiro atoms. The number of Topliss-reactive ketones (excluding diaryl/α,β-unsaturated/α-hetero) is 2. The van der Waals surface area contributed by atoms with Crippen molar-refractivity contribution in [1.82, 2.24) is 0 Å². The molecule has 4 saturated carbocycles. The molecule has 5 aliphatic rings. The molecule has 0 aromatic carbocycles. The lowest BCUT2D eigenvalue weighted by molar-refractivity contribution is -0.192. The van der Waals surface area contributed by atoms with Crippen LogP contribution in [0.1, 0.15) is 106 Å². The predicted molar refractivity (Wildman–Crippen MR) is 170 cm³/mol. The fourth-order valence-electron chi connectivity index (χ4n) is 10.9. The monoisotopic (exact) mass is 644 g/mol. The van der Waals surface area contributed by atoms with Crippen LogP contribution >= 0.6 is 0 Å². The van der Waals surface area contributed by atoms with Gasteiger partial charge in [-0.2, -0.15) is 0 Å². The first-order chi connectivity index (χ1) is 20.7. The first kappa shape index (κ1) is 34.2. The lowest BCUT2D eigenvalue weighted by Gasteiger charge is -2.69. The summed E-state index contributed by atoms with van der Waals surface area (Å²) in [6.07, 6.45) is 7.17. The van der Waals surface area contributed by atoms with Gasteiger partial charge in [0.2, 0.25) is 0 Å². The van der Waals surface area contributed by atoms with Crippen molar-refractivity contribution in [3.05, 3.63) is 22.6 Å². The Morgan fingerprint density at radius 1 is 1.00 bits per heavy atom. The highest BCUT2D eigenvalue weighted by Gasteiger charge is 2.73. The average molecular weight is 645 g/mol. The van der Waals surface area contributed by atoms with E-state index in [4.69, 9.17) is 4.74 Å². The van der Waals surface area contributed by atoms with Crippen molar-refractivity contribution < 1.29 is 37.4 Å². The molecule has 0 aromatic rings. The summed E-state index contributed by atoms with van der Waals surface area (Å²) in [6.45, 7) is 13.4. The molecule has 0 radical (unpaired) electrons. The summed E-state index contributed by atoms with van der Waals surface area (Å²) in [6, 6.07) is 0. The number of allylic oxidation sites excluding steroid dienone is 3. The Hall–Kier alpha value is -2.13. The van der Waals surface area contributed by atoms with Crippen molar-refractivity contribution in [1.29, 1.82) is 0 Å². The van der Waals surface area contributed by atoms with Crippen LogP contribution in [0.4, 0.5) is 0 Å². The zero-order chi connectivity index (χ0) is 33.6. The van der Waals surface area contributed by atoms with Gasteiger partial charge in [0.25, 0.3) is 0 Å². The number of ketones is 3. The minimum absolute atomic E-state index is 0.0547. The smallest absolute Gasteiger partial charge is 0.312 e. The van der Waals surface area contributed by atoms with E-state index in [-0.39, 0.29) is 28.8 Å². The number of rotatable bonds is 6. The molecule has 0 aromatic heterocycles. The topological polar surface area (TPSA) is 132 Å². The lowest BCUT2D eigenvalue weighted by Crippen LogP contribution is -2.68.